The van der Waals surface area contributed by atoms with Gasteiger partial charge in [0.2, 0.25) is 17.6 Å². The standard InChI is InChI=1S/C15H18FN3O2/c1-2-3-9-17-13(20)7-8-14-18-15(19-21-14)11-5-4-6-12(16)10-11/h4-6,10H,2-3,7-9H2,1H3,(H,17,20). The summed E-state index contributed by atoms with van der Waals surface area (Å²) < 4.78 is 18.2. The summed E-state index contributed by atoms with van der Waals surface area (Å²) in [6.07, 6.45) is 2.69. The summed E-state index contributed by atoms with van der Waals surface area (Å²) in [5.41, 5.74) is 0.553. The minimum atomic E-state index is -0.353. The number of aromatic nitrogens is 2. The van der Waals surface area contributed by atoms with Gasteiger partial charge in [-0.15, -0.1) is 0 Å². The summed E-state index contributed by atoms with van der Waals surface area (Å²) in [6, 6.07) is 5.98. The lowest BCUT2D eigenvalue weighted by atomic mass is 10.2. The molecule has 0 aliphatic rings. The minimum Gasteiger partial charge on any atom is -0.356 e. The lowest BCUT2D eigenvalue weighted by Gasteiger charge is -2.01. The number of unbranched alkanes of at least 4 members (excludes halogenated alkanes) is 1. The van der Waals surface area contributed by atoms with E-state index in [1.807, 2.05) is 0 Å². The zero-order valence-corrected chi connectivity index (χ0v) is 11.9. The second-order valence-corrected chi connectivity index (χ2v) is 4.73. The van der Waals surface area contributed by atoms with Crippen molar-refractivity contribution in [2.24, 2.45) is 0 Å². The number of rotatable bonds is 7. The Morgan fingerprint density at radius 1 is 1.43 bits per heavy atom. The molecule has 2 aromatic rings. The number of aryl methyl sites for hydroxylation is 1. The van der Waals surface area contributed by atoms with Crippen LogP contribution in [-0.2, 0) is 11.2 Å². The topological polar surface area (TPSA) is 68.0 Å². The van der Waals surface area contributed by atoms with Gasteiger partial charge in [-0.25, -0.2) is 4.39 Å². The molecular weight excluding hydrogens is 273 g/mol. The van der Waals surface area contributed by atoms with Crippen molar-refractivity contribution in [3.63, 3.8) is 0 Å². The summed E-state index contributed by atoms with van der Waals surface area (Å²) in [5, 5.41) is 6.62. The summed E-state index contributed by atoms with van der Waals surface area (Å²) in [7, 11) is 0. The highest BCUT2D eigenvalue weighted by Crippen LogP contribution is 2.17. The van der Waals surface area contributed by atoms with Crippen LogP contribution >= 0.6 is 0 Å². The highest BCUT2D eigenvalue weighted by atomic mass is 19.1. The molecule has 1 heterocycles. The molecule has 6 heteroatoms. The van der Waals surface area contributed by atoms with Crippen molar-refractivity contribution in [2.75, 3.05) is 6.54 Å². The molecule has 0 aliphatic carbocycles. The first kappa shape index (κ1) is 15.2. The number of nitrogens with zero attached hydrogens (tertiary/aromatic N) is 2. The molecule has 0 bridgehead atoms. The van der Waals surface area contributed by atoms with Gasteiger partial charge in [0.15, 0.2) is 0 Å². The second-order valence-electron chi connectivity index (χ2n) is 4.73. The summed E-state index contributed by atoms with van der Waals surface area (Å²) in [4.78, 5) is 15.7. The third-order valence-electron chi connectivity index (χ3n) is 2.97. The van der Waals surface area contributed by atoms with Gasteiger partial charge in [0.1, 0.15) is 5.82 Å². The molecule has 1 aromatic carbocycles. The van der Waals surface area contributed by atoms with Gasteiger partial charge < -0.3 is 9.84 Å². The van der Waals surface area contributed by atoms with Gasteiger partial charge in [-0.2, -0.15) is 4.98 Å². The van der Waals surface area contributed by atoms with Crippen molar-refractivity contribution < 1.29 is 13.7 Å². The number of benzene rings is 1. The number of amides is 1. The van der Waals surface area contributed by atoms with Crippen LogP contribution in [0.2, 0.25) is 0 Å². The van der Waals surface area contributed by atoms with Crippen LogP contribution in [0.4, 0.5) is 4.39 Å². The summed E-state index contributed by atoms with van der Waals surface area (Å²) in [5.74, 6) is 0.318. The molecule has 1 N–H and O–H groups in total. The number of nitrogens with one attached hydrogen (secondary N) is 1. The Morgan fingerprint density at radius 3 is 3.05 bits per heavy atom. The minimum absolute atomic E-state index is 0.0334. The first-order chi connectivity index (χ1) is 10.2. The van der Waals surface area contributed by atoms with Crippen LogP contribution in [0.25, 0.3) is 11.4 Å². The smallest absolute Gasteiger partial charge is 0.227 e. The van der Waals surface area contributed by atoms with Crippen LogP contribution in [0.1, 0.15) is 32.1 Å². The van der Waals surface area contributed by atoms with Crippen molar-refractivity contribution in [1.82, 2.24) is 15.5 Å². The molecule has 112 valence electrons. The van der Waals surface area contributed by atoms with Crippen LogP contribution in [-0.4, -0.2) is 22.6 Å². The first-order valence-corrected chi connectivity index (χ1v) is 7.04. The number of carbonyl (C=O) groups excluding carboxylic acids is 1. The number of hydrogen-bond donors (Lipinski definition) is 1. The summed E-state index contributed by atoms with van der Waals surface area (Å²) in [6.45, 7) is 2.76. The molecular formula is C15H18FN3O2. The Balaban J connectivity index is 1.87. The predicted molar refractivity (Wildman–Crippen MR) is 75.9 cm³/mol. The highest BCUT2D eigenvalue weighted by molar-refractivity contribution is 5.75. The van der Waals surface area contributed by atoms with E-state index in [4.69, 9.17) is 4.52 Å². The maximum absolute atomic E-state index is 13.1. The SMILES string of the molecule is CCCCNC(=O)CCc1nc(-c2cccc(F)c2)no1. The summed E-state index contributed by atoms with van der Waals surface area (Å²) >= 11 is 0. The largest absolute Gasteiger partial charge is 0.356 e. The molecule has 0 unspecified atom stereocenters. The molecule has 0 saturated carbocycles. The Hall–Kier alpha value is -2.24. The normalized spacial score (nSPS) is 10.6. The molecule has 0 saturated heterocycles. The van der Waals surface area contributed by atoms with Gasteiger partial charge >= 0.3 is 0 Å². The van der Waals surface area contributed by atoms with E-state index in [2.05, 4.69) is 22.4 Å². The van der Waals surface area contributed by atoms with E-state index in [-0.39, 0.29) is 11.7 Å². The molecule has 0 radical (unpaired) electrons. The van der Waals surface area contributed by atoms with Crippen molar-refractivity contribution in [3.8, 4) is 11.4 Å². The van der Waals surface area contributed by atoms with Crippen LogP contribution in [0.15, 0.2) is 28.8 Å². The Kier molecular flexibility index (Phi) is 5.43. The average molecular weight is 291 g/mol. The van der Waals surface area contributed by atoms with Crippen molar-refractivity contribution in [1.29, 1.82) is 0 Å². The molecule has 0 atom stereocenters. The Bertz CT molecular complexity index is 598. The van der Waals surface area contributed by atoms with Crippen LogP contribution in [0.3, 0.4) is 0 Å². The third kappa shape index (κ3) is 4.66. The highest BCUT2D eigenvalue weighted by Gasteiger charge is 2.10. The van der Waals surface area contributed by atoms with E-state index in [0.29, 0.717) is 36.7 Å². The fraction of sp³-hybridized carbons (Fsp3) is 0.400. The molecule has 21 heavy (non-hydrogen) atoms. The lowest BCUT2D eigenvalue weighted by molar-refractivity contribution is -0.121. The van der Waals surface area contributed by atoms with Gasteiger partial charge in [-0.3, -0.25) is 4.79 Å². The van der Waals surface area contributed by atoms with Gasteiger partial charge in [0.25, 0.3) is 0 Å². The average Bonchev–Trinajstić information content (AvgIpc) is 2.94. The second kappa shape index (κ2) is 7.52. The number of hydrogen-bond acceptors (Lipinski definition) is 4. The zero-order valence-electron chi connectivity index (χ0n) is 11.9. The molecule has 1 amide bonds. The molecule has 2 rings (SSSR count). The van der Waals surface area contributed by atoms with E-state index in [0.717, 1.165) is 12.8 Å². The third-order valence-corrected chi connectivity index (χ3v) is 2.97. The van der Waals surface area contributed by atoms with Crippen molar-refractivity contribution >= 4 is 5.91 Å². The van der Waals surface area contributed by atoms with Crippen LogP contribution in [0.5, 0.6) is 0 Å². The van der Waals surface area contributed by atoms with Crippen molar-refractivity contribution in [3.05, 3.63) is 36.0 Å². The fourth-order valence-electron chi connectivity index (χ4n) is 1.81. The van der Waals surface area contributed by atoms with Crippen molar-refractivity contribution in [2.45, 2.75) is 32.6 Å². The molecule has 0 fully saturated rings. The molecule has 1 aromatic heterocycles. The van der Waals surface area contributed by atoms with Gasteiger partial charge in [-0.1, -0.05) is 30.6 Å². The number of halogens is 1. The molecule has 0 spiro atoms. The van der Waals surface area contributed by atoms with Gasteiger partial charge in [0, 0.05) is 24.9 Å². The van der Waals surface area contributed by atoms with Crippen LogP contribution < -0.4 is 5.32 Å². The van der Waals surface area contributed by atoms with Gasteiger partial charge in [0.05, 0.1) is 0 Å². The lowest BCUT2D eigenvalue weighted by Crippen LogP contribution is -2.24. The first-order valence-electron chi connectivity index (χ1n) is 7.04. The fourth-order valence-corrected chi connectivity index (χ4v) is 1.81. The van der Waals surface area contributed by atoms with E-state index in [1.54, 1.807) is 12.1 Å². The van der Waals surface area contributed by atoms with Crippen LogP contribution in [0, 0.1) is 5.82 Å². The quantitative estimate of drug-likeness (QED) is 0.796. The molecule has 0 aliphatic heterocycles. The molecule has 5 nitrogen and oxygen atoms in total. The van der Waals surface area contributed by atoms with E-state index < -0.39 is 0 Å². The monoisotopic (exact) mass is 291 g/mol. The van der Waals surface area contributed by atoms with Gasteiger partial charge in [-0.05, 0) is 18.6 Å². The Labute approximate surface area is 122 Å². The predicted octanol–water partition coefficient (Wildman–Crippen LogP) is 2.72. The maximum Gasteiger partial charge on any atom is 0.227 e. The van der Waals surface area contributed by atoms with E-state index in [9.17, 15) is 9.18 Å². The van der Waals surface area contributed by atoms with E-state index in [1.165, 1.54) is 12.1 Å². The zero-order chi connectivity index (χ0) is 15.1. The Morgan fingerprint density at radius 2 is 2.29 bits per heavy atom. The van der Waals surface area contributed by atoms with E-state index >= 15 is 0 Å². The maximum atomic E-state index is 13.1. The number of carbonyl (C=O) groups is 1.